The molecule has 20 heavy (non-hydrogen) atoms. The van der Waals surface area contributed by atoms with E-state index in [2.05, 4.69) is 5.32 Å². The lowest BCUT2D eigenvalue weighted by molar-refractivity contribution is 0.247. The van der Waals surface area contributed by atoms with E-state index in [4.69, 9.17) is 5.73 Å². The number of nitrogens with one attached hydrogen (secondary N) is 1. The lowest BCUT2D eigenvalue weighted by atomic mass is 10.2. The predicted molar refractivity (Wildman–Crippen MR) is 81.4 cm³/mol. The Bertz CT molecular complexity index is 569. The normalized spacial score (nSPS) is 10.1. The van der Waals surface area contributed by atoms with Crippen LogP contribution in [-0.4, -0.2) is 13.1 Å². The molecule has 0 aliphatic carbocycles. The summed E-state index contributed by atoms with van der Waals surface area (Å²) in [6, 6.07) is 17.3. The molecule has 0 bridgehead atoms. The lowest BCUT2D eigenvalue weighted by Gasteiger charge is -2.18. The van der Waals surface area contributed by atoms with E-state index in [1.54, 1.807) is 11.9 Å². The zero-order valence-electron chi connectivity index (χ0n) is 11.5. The van der Waals surface area contributed by atoms with Gasteiger partial charge in [0.25, 0.3) is 0 Å². The van der Waals surface area contributed by atoms with Crippen molar-refractivity contribution in [1.82, 2.24) is 5.32 Å². The summed E-state index contributed by atoms with van der Waals surface area (Å²) in [4.78, 5) is 13.7. The number of carbonyl (C=O) groups excluding carboxylic acids is 1. The van der Waals surface area contributed by atoms with Crippen LogP contribution in [-0.2, 0) is 13.1 Å². The van der Waals surface area contributed by atoms with Crippen LogP contribution < -0.4 is 16.0 Å². The number of hydrogen-bond acceptors (Lipinski definition) is 2. The van der Waals surface area contributed by atoms with Crippen molar-refractivity contribution >= 4 is 11.7 Å². The van der Waals surface area contributed by atoms with Gasteiger partial charge in [0.15, 0.2) is 0 Å². The third-order valence-electron chi connectivity index (χ3n) is 3.12. The summed E-state index contributed by atoms with van der Waals surface area (Å²) >= 11 is 0. The highest BCUT2D eigenvalue weighted by molar-refractivity contribution is 5.91. The minimum Gasteiger partial charge on any atom is -0.334 e. The van der Waals surface area contributed by atoms with Crippen LogP contribution in [0.2, 0.25) is 0 Å². The van der Waals surface area contributed by atoms with Gasteiger partial charge in [-0.2, -0.15) is 0 Å². The Morgan fingerprint density at radius 1 is 1.10 bits per heavy atom. The largest absolute Gasteiger partial charge is 0.334 e. The highest BCUT2D eigenvalue weighted by Crippen LogP contribution is 2.14. The van der Waals surface area contributed by atoms with Crippen molar-refractivity contribution in [3.05, 3.63) is 65.7 Å². The van der Waals surface area contributed by atoms with Crippen molar-refractivity contribution in [2.24, 2.45) is 5.73 Å². The Hall–Kier alpha value is -2.33. The maximum atomic E-state index is 12.1. The SMILES string of the molecule is CN(C(=O)NCc1ccccc1)c1cccc(CN)c1. The fraction of sp³-hybridized carbons (Fsp3) is 0.188. The average Bonchev–Trinajstić information content (AvgIpc) is 2.53. The molecule has 4 heteroatoms. The second-order valence-corrected chi connectivity index (χ2v) is 4.58. The van der Waals surface area contributed by atoms with Gasteiger partial charge < -0.3 is 11.1 Å². The Labute approximate surface area is 119 Å². The fourth-order valence-electron chi connectivity index (χ4n) is 1.90. The Kier molecular flexibility index (Phi) is 4.74. The maximum Gasteiger partial charge on any atom is 0.321 e. The van der Waals surface area contributed by atoms with E-state index in [-0.39, 0.29) is 6.03 Å². The van der Waals surface area contributed by atoms with Crippen LogP contribution in [0.1, 0.15) is 11.1 Å². The molecule has 4 nitrogen and oxygen atoms in total. The van der Waals surface area contributed by atoms with Crippen molar-refractivity contribution < 1.29 is 4.79 Å². The number of nitrogens with zero attached hydrogens (tertiary/aromatic N) is 1. The molecule has 0 saturated carbocycles. The molecular formula is C16H19N3O. The first-order valence-electron chi connectivity index (χ1n) is 6.55. The first kappa shape index (κ1) is 14.1. The molecule has 0 fully saturated rings. The molecule has 2 amide bonds. The molecule has 3 N–H and O–H groups in total. The van der Waals surface area contributed by atoms with E-state index in [0.29, 0.717) is 13.1 Å². The molecule has 2 aromatic carbocycles. The summed E-state index contributed by atoms with van der Waals surface area (Å²) < 4.78 is 0. The second-order valence-electron chi connectivity index (χ2n) is 4.58. The van der Waals surface area contributed by atoms with Gasteiger partial charge in [-0.05, 0) is 23.3 Å². The Morgan fingerprint density at radius 3 is 2.50 bits per heavy atom. The van der Waals surface area contributed by atoms with Gasteiger partial charge in [-0.25, -0.2) is 4.79 Å². The van der Waals surface area contributed by atoms with Gasteiger partial charge in [0.05, 0.1) is 0 Å². The number of hydrogen-bond donors (Lipinski definition) is 2. The standard InChI is InChI=1S/C16H19N3O/c1-19(15-9-5-8-14(10-15)11-17)16(20)18-12-13-6-3-2-4-7-13/h2-10H,11-12,17H2,1H3,(H,18,20). The fourth-order valence-corrected chi connectivity index (χ4v) is 1.90. The molecule has 0 aromatic heterocycles. The average molecular weight is 269 g/mol. The van der Waals surface area contributed by atoms with Crippen LogP contribution in [0.25, 0.3) is 0 Å². The smallest absolute Gasteiger partial charge is 0.321 e. The minimum atomic E-state index is -0.136. The molecular weight excluding hydrogens is 250 g/mol. The number of amides is 2. The first-order valence-corrected chi connectivity index (χ1v) is 6.55. The summed E-state index contributed by atoms with van der Waals surface area (Å²) in [6.45, 7) is 0.980. The maximum absolute atomic E-state index is 12.1. The van der Waals surface area contributed by atoms with E-state index in [1.807, 2.05) is 54.6 Å². The number of benzene rings is 2. The van der Waals surface area contributed by atoms with E-state index < -0.39 is 0 Å². The van der Waals surface area contributed by atoms with E-state index in [9.17, 15) is 4.79 Å². The number of anilines is 1. The lowest BCUT2D eigenvalue weighted by Crippen LogP contribution is -2.36. The third-order valence-corrected chi connectivity index (χ3v) is 3.12. The molecule has 104 valence electrons. The molecule has 0 heterocycles. The van der Waals surface area contributed by atoms with Gasteiger partial charge >= 0.3 is 6.03 Å². The Morgan fingerprint density at radius 2 is 1.80 bits per heavy atom. The van der Waals surface area contributed by atoms with Crippen molar-refractivity contribution in [3.8, 4) is 0 Å². The number of rotatable bonds is 4. The molecule has 0 spiro atoms. The van der Waals surface area contributed by atoms with Crippen molar-refractivity contribution in [2.75, 3.05) is 11.9 Å². The first-order chi connectivity index (χ1) is 9.70. The van der Waals surface area contributed by atoms with E-state index in [0.717, 1.165) is 16.8 Å². The second kappa shape index (κ2) is 6.73. The molecule has 0 aliphatic rings. The monoisotopic (exact) mass is 269 g/mol. The highest BCUT2D eigenvalue weighted by Gasteiger charge is 2.10. The topological polar surface area (TPSA) is 58.4 Å². The zero-order valence-corrected chi connectivity index (χ0v) is 11.5. The van der Waals surface area contributed by atoms with Crippen LogP contribution in [0.3, 0.4) is 0 Å². The van der Waals surface area contributed by atoms with Crippen LogP contribution in [0, 0.1) is 0 Å². The van der Waals surface area contributed by atoms with Crippen molar-refractivity contribution in [1.29, 1.82) is 0 Å². The van der Waals surface area contributed by atoms with Crippen LogP contribution in [0.4, 0.5) is 10.5 Å². The van der Waals surface area contributed by atoms with Gasteiger partial charge in [0.2, 0.25) is 0 Å². The summed E-state index contributed by atoms with van der Waals surface area (Å²) in [7, 11) is 1.75. The van der Waals surface area contributed by atoms with Crippen molar-refractivity contribution in [3.63, 3.8) is 0 Å². The van der Waals surface area contributed by atoms with Crippen molar-refractivity contribution in [2.45, 2.75) is 13.1 Å². The summed E-state index contributed by atoms with van der Waals surface area (Å²) in [5.74, 6) is 0. The number of carbonyl (C=O) groups is 1. The Balaban J connectivity index is 1.98. The number of urea groups is 1. The van der Waals surface area contributed by atoms with Gasteiger partial charge in [0, 0.05) is 25.8 Å². The molecule has 0 unspecified atom stereocenters. The van der Waals surface area contributed by atoms with E-state index >= 15 is 0 Å². The third kappa shape index (κ3) is 3.59. The highest BCUT2D eigenvalue weighted by atomic mass is 16.2. The van der Waals surface area contributed by atoms with Crippen LogP contribution in [0.5, 0.6) is 0 Å². The van der Waals surface area contributed by atoms with Gasteiger partial charge in [-0.15, -0.1) is 0 Å². The molecule has 0 radical (unpaired) electrons. The zero-order chi connectivity index (χ0) is 14.4. The predicted octanol–water partition coefficient (Wildman–Crippen LogP) is 2.49. The molecule has 2 aromatic rings. The van der Waals surface area contributed by atoms with Gasteiger partial charge in [0.1, 0.15) is 0 Å². The molecule has 0 atom stereocenters. The van der Waals surface area contributed by atoms with Crippen LogP contribution in [0.15, 0.2) is 54.6 Å². The van der Waals surface area contributed by atoms with Gasteiger partial charge in [-0.3, -0.25) is 4.90 Å². The van der Waals surface area contributed by atoms with Gasteiger partial charge in [-0.1, -0.05) is 42.5 Å². The molecule has 2 rings (SSSR count). The summed E-state index contributed by atoms with van der Waals surface area (Å²) in [6.07, 6.45) is 0. The number of nitrogens with two attached hydrogens (primary N) is 1. The van der Waals surface area contributed by atoms with Crippen LogP contribution >= 0.6 is 0 Å². The molecule has 0 aliphatic heterocycles. The molecule has 0 saturated heterocycles. The summed E-state index contributed by atoms with van der Waals surface area (Å²) in [5, 5.41) is 2.89. The van der Waals surface area contributed by atoms with E-state index in [1.165, 1.54) is 0 Å². The summed E-state index contributed by atoms with van der Waals surface area (Å²) in [5.41, 5.74) is 8.52. The quantitative estimate of drug-likeness (QED) is 0.896. The minimum absolute atomic E-state index is 0.136.